The van der Waals surface area contributed by atoms with Crippen LogP contribution in [0.5, 0.6) is 17.2 Å². The number of carbonyl (C=O) groups is 1. The fraction of sp³-hybridized carbons (Fsp3) is 0.208. The average Bonchev–Trinajstić information content (AvgIpc) is 2.99. The van der Waals surface area contributed by atoms with E-state index in [1.165, 1.54) is 18.2 Å². The van der Waals surface area contributed by atoms with Crippen LogP contribution in [0.1, 0.15) is 21.5 Å². The zero-order valence-corrected chi connectivity index (χ0v) is 17.7. The number of amides is 1. The van der Waals surface area contributed by atoms with Crippen LogP contribution in [0.3, 0.4) is 0 Å². The van der Waals surface area contributed by atoms with E-state index in [1.54, 1.807) is 4.90 Å². The van der Waals surface area contributed by atoms with Crippen molar-refractivity contribution in [3.05, 3.63) is 89.2 Å². The third-order valence-electron chi connectivity index (χ3n) is 5.00. The first kappa shape index (κ1) is 22.6. The lowest BCUT2D eigenvalue weighted by molar-refractivity contribution is 0.0728. The van der Waals surface area contributed by atoms with E-state index in [4.69, 9.17) is 15.2 Å². The minimum Gasteiger partial charge on any atom is -0.491 e. The maximum absolute atomic E-state index is 14.5. The van der Waals surface area contributed by atoms with E-state index >= 15 is 0 Å². The molecule has 1 aliphatic rings. The van der Waals surface area contributed by atoms with Crippen LogP contribution in [-0.4, -0.2) is 30.5 Å². The van der Waals surface area contributed by atoms with E-state index < -0.39 is 11.7 Å². The van der Waals surface area contributed by atoms with Crippen LogP contribution in [0.15, 0.2) is 66.7 Å². The molecular weight excluding hydrogens is 419 g/mol. The van der Waals surface area contributed by atoms with Gasteiger partial charge in [0.05, 0.1) is 12.1 Å². The van der Waals surface area contributed by atoms with Crippen molar-refractivity contribution in [2.45, 2.75) is 13.0 Å². The molecule has 162 valence electrons. The lowest BCUT2D eigenvalue weighted by Gasteiger charge is -2.20. The van der Waals surface area contributed by atoms with Crippen LogP contribution < -0.4 is 15.2 Å². The summed E-state index contributed by atoms with van der Waals surface area (Å²) >= 11 is 0. The standard InChI is InChI=1S/C24H23FN2O3.ClH/c25-22-10-9-20(30-19-7-5-17(6-8-19)11-12-26)15-21(22)24(28)27-13-14-29-23-4-2-1-3-18(23)16-27;/h1-10,15H,11-14,16,26H2;1H. The zero-order valence-electron chi connectivity index (χ0n) is 16.9. The van der Waals surface area contributed by atoms with Crippen molar-refractivity contribution in [2.75, 3.05) is 19.7 Å². The van der Waals surface area contributed by atoms with Crippen LogP contribution in [0.25, 0.3) is 0 Å². The van der Waals surface area contributed by atoms with Crippen LogP contribution in [-0.2, 0) is 13.0 Å². The second-order valence-electron chi connectivity index (χ2n) is 7.11. The SMILES string of the molecule is Cl.NCCc1ccc(Oc2ccc(F)c(C(=O)N3CCOc4ccccc4C3)c2)cc1. The molecule has 0 saturated heterocycles. The lowest BCUT2D eigenvalue weighted by atomic mass is 10.1. The zero-order chi connectivity index (χ0) is 20.9. The minimum atomic E-state index is -0.580. The van der Waals surface area contributed by atoms with Gasteiger partial charge in [-0.05, 0) is 54.9 Å². The molecule has 5 nitrogen and oxygen atoms in total. The Morgan fingerprint density at radius 1 is 1.06 bits per heavy atom. The maximum atomic E-state index is 14.5. The van der Waals surface area contributed by atoms with Gasteiger partial charge in [0.1, 0.15) is 29.7 Å². The number of rotatable bonds is 5. The van der Waals surface area contributed by atoms with Crippen LogP contribution in [0.2, 0.25) is 0 Å². The number of nitrogens with zero attached hydrogens (tertiary/aromatic N) is 1. The molecule has 1 heterocycles. The Morgan fingerprint density at radius 3 is 2.58 bits per heavy atom. The van der Waals surface area contributed by atoms with E-state index in [0.29, 0.717) is 37.7 Å². The summed E-state index contributed by atoms with van der Waals surface area (Å²) in [6.07, 6.45) is 0.790. The Bertz CT molecular complexity index is 1040. The highest BCUT2D eigenvalue weighted by Gasteiger charge is 2.23. The van der Waals surface area contributed by atoms with Gasteiger partial charge in [-0.25, -0.2) is 4.39 Å². The molecule has 4 rings (SSSR count). The smallest absolute Gasteiger partial charge is 0.257 e. The third kappa shape index (κ3) is 5.34. The van der Waals surface area contributed by atoms with Gasteiger partial charge in [0.25, 0.3) is 5.91 Å². The number of ether oxygens (including phenoxy) is 2. The van der Waals surface area contributed by atoms with Gasteiger partial charge in [-0.2, -0.15) is 0 Å². The van der Waals surface area contributed by atoms with E-state index in [1.807, 2.05) is 48.5 Å². The Balaban J connectivity index is 0.00000272. The summed E-state index contributed by atoms with van der Waals surface area (Å²) in [6, 6.07) is 19.3. The number of carbonyl (C=O) groups excluding carboxylic acids is 1. The molecule has 0 spiro atoms. The Morgan fingerprint density at radius 2 is 1.81 bits per heavy atom. The molecule has 1 amide bonds. The van der Waals surface area contributed by atoms with Gasteiger partial charge >= 0.3 is 0 Å². The second-order valence-corrected chi connectivity index (χ2v) is 7.11. The van der Waals surface area contributed by atoms with E-state index in [-0.39, 0.29) is 18.0 Å². The highest BCUT2D eigenvalue weighted by atomic mass is 35.5. The van der Waals surface area contributed by atoms with Gasteiger partial charge in [0.2, 0.25) is 0 Å². The van der Waals surface area contributed by atoms with Crippen molar-refractivity contribution < 1.29 is 18.7 Å². The first-order valence-electron chi connectivity index (χ1n) is 9.90. The summed E-state index contributed by atoms with van der Waals surface area (Å²) in [4.78, 5) is 14.7. The molecule has 0 radical (unpaired) electrons. The van der Waals surface area contributed by atoms with Crippen molar-refractivity contribution in [3.63, 3.8) is 0 Å². The predicted molar refractivity (Wildman–Crippen MR) is 120 cm³/mol. The van der Waals surface area contributed by atoms with Crippen LogP contribution >= 0.6 is 12.4 Å². The van der Waals surface area contributed by atoms with Gasteiger partial charge in [-0.1, -0.05) is 30.3 Å². The average molecular weight is 443 g/mol. The summed E-state index contributed by atoms with van der Waals surface area (Å²) in [7, 11) is 0. The molecule has 0 unspecified atom stereocenters. The van der Waals surface area contributed by atoms with Crippen molar-refractivity contribution in [1.82, 2.24) is 4.90 Å². The van der Waals surface area contributed by atoms with Crippen molar-refractivity contribution in [2.24, 2.45) is 5.73 Å². The van der Waals surface area contributed by atoms with Crippen molar-refractivity contribution in [3.8, 4) is 17.2 Å². The molecular formula is C24H24ClFN2O3. The number of para-hydroxylation sites is 1. The molecule has 7 heteroatoms. The fourth-order valence-electron chi connectivity index (χ4n) is 3.43. The molecule has 0 aliphatic carbocycles. The topological polar surface area (TPSA) is 64.8 Å². The minimum absolute atomic E-state index is 0. The predicted octanol–water partition coefficient (Wildman–Crippen LogP) is 4.58. The normalized spacial score (nSPS) is 12.8. The largest absolute Gasteiger partial charge is 0.491 e. The summed E-state index contributed by atoms with van der Waals surface area (Å²) < 4.78 is 26.0. The van der Waals surface area contributed by atoms with Gasteiger partial charge in [-0.3, -0.25) is 4.79 Å². The van der Waals surface area contributed by atoms with Gasteiger partial charge in [0.15, 0.2) is 0 Å². The molecule has 0 fully saturated rings. The summed E-state index contributed by atoms with van der Waals surface area (Å²) in [6.45, 7) is 1.67. The van der Waals surface area contributed by atoms with Gasteiger partial charge in [-0.15, -0.1) is 12.4 Å². The molecule has 1 aliphatic heterocycles. The first-order chi connectivity index (χ1) is 14.6. The number of hydrogen-bond donors (Lipinski definition) is 1. The lowest BCUT2D eigenvalue weighted by Crippen LogP contribution is -2.33. The molecule has 3 aromatic carbocycles. The van der Waals surface area contributed by atoms with Crippen LogP contribution in [0.4, 0.5) is 4.39 Å². The van der Waals surface area contributed by atoms with Crippen molar-refractivity contribution in [1.29, 1.82) is 0 Å². The number of nitrogens with two attached hydrogens (primary N) is 1. The number of benzene rings is 3. The highest BCUT2D eigenvalue weighted by molar-refractivity contribution is 5.95. The quantitative estimate of drug-likeness (QED) is 0.628. The van der Waals surface area contributed by atoms with E-state index in [9.17, 15) is 9.18 Å². The molecule has 31 heavy (non-hydrogen) atoms. The molecule has 0 saturated carbocycles. The monoisotopic (exact) mass is 442 g/mol. The first-order valence-corrected chi connectivity index (χ1v) is 9.90. The maximum Gasteiger partial charge on any atom is 0.257 e. The Kier molecular flexibility index (Phi) is 7.50. The second kappa shape index (κ2) is 10.3. The summed E-state index contributed by atoms with van der Waals surface area (Å²) in [5.74, 6) is 0.791. The Hall–Kier alpha value is -3.09. The van der Waals surface area contributed by atoms with Gasteiger partial charge in [0, 0.05) is 12.1 Å². The van der Waals surface area contributed by atoms with E-state index in [0.717, 1.165) is 23.3 Å². The third-order valence-corrected chi connectivity index (χ3v) is 5.00. The number of halogens is 2. The number of hydrogen-bond acceptors (Lipinski definition) is 4. The fourth-order valence-corrected chi connectivity index (χ4v) is 3.43. The number of fused-ring (bicyclic) bond motifs is 1. The summed E-state index contributed by atoms with van der Waals surface area (Å²) in [5.41, 5.74) is 7.56. The molecule has 0 bridgehead atoms. The van der Waals surface area contributed by atoms with E-state index in [2.05, 4.69) is 0 Å². The molecule has 2 N–H and O–H groups in total. The van der Waals surface area contributed by atoms with Crippen LogP contribution in [0, 0.1) is 5.82 Å². The summed E-state index contributed by atoms with van der Waals surface area (Å²) in [5, 5.41) is 0. The van der Waals surface area contributed by atoms with Gasteiger partial charge < -0.3 is 20.1 Å². The molecule has 3 aromatic rings. The highest BCUT2D eigenvalue weighted by Crippen LogP contribution is 2.27. The molecule has 0 aromatic heterocycles. The Labute approximate surface area is 187 Å². The molecule has 0 atom stereocenters. The van der Waals surface area contributed by atoms with Crippen molar-refractivity contribution >= 4 is 18.3 Å².